The number of amides is 1. The summed E-state index contributed by atoms with van der Waals surface area (Å²) in [6, 6.07) is 1.11. The number of thiocarbonyl (C=S) groups is 1. The molecule has 2 unspecified atom stereocenters. The van der Waals surface area contributed by atoms with Gasteiger partial charge in [-0.1, -0.05) is 12.2 Å². The van der Waals surface area contributed by atoms with Crippen LogP contribution in [-0.2, 0) is 4.79 Å². The van der Waals surface area contributed by atoms with Gasteiger partial charge in [-0.05, 0) is 26.3 Å². The molecule has 0 aliphatic carbocycles. The third-order valence-corrected chi connectivity index (χ3v) is 4.73. The summed E-state index contributed by atoms with van der Waals surface area (Å²) < 4.78 is 0. The number of carbonyl (C=O) groups is 1. The Morgan fingerprint density at radius 2 is 2.20 bits per heavy atom. The van der Waals surface area contributed by atoms with E-state index in [2.05, 4.69) is 16.7 Å². The highest BCUT2D eigenvalue weighted by Gasteiger charge is 2.35. The summed E-state index contributed by atoms with van der Waals surface area (Å²) in [7, 11) is 1.83. The second kappa shape index (κ2) is 6.83. The number of likely N-dealkylation sites (N-methyl/N-ethyl adjacent to an activating group) is 1. The van der Waals surface area contributed by atoms with Crippen molar-refractivity contribution in [1.29, 1.82) is 0 Å². The summed E-state index contributed by atoms with van der Waals surface area (Å²) in [6.45, 7) is 6.69. The van der Waals surface area contributed by atoms with E-state index in [1.165, 1.54) is 19.4 Å². The first-order valence-corrected chi connectivity index (χ1v) is 7.88. The number of hydrogen-bond acceptors (Lipinski definition) is 4. The van der Waals surface area contributed by atoms with Crippen LogP contribution in [0.1, 0.15) is 26.2 Å². The molecule has 2 heterocycles. The predicted octanol–water partition coefficient (Wildman–Crippen LogP) is 0.290. The van der Waals surface area contributed by atoms with Crippen LogP contribution in [0.5, 0.6) is 0 Å². The first-order valence-electron chi connectivity index (χ1n) is 7.47. The summed E-state index contributed by atoms with van der Waals surface area (Å²) in [5.74, 6) is 0.166. The molecule has 2 aliphatic rings. The molecule has 0 aromatic heterocycles. The smallest absolute Gasteiger partial charge is 0.236 e. The standard InChI is InChI=1S/C14H26N4OS/c1-11-8-17-6-3-4-12(17)9-18(11)10-14(19)16(2)7-5-13(15)20/h11-12H,3-10H2,1-2H3,(H2,15,20). The van der Waals surface area contributed by atoms with Crippen LogP contribution in [0.2, 0.25) is 0 Å². The average Bonchev–Trinajstić information content (AvgIpc) is 2.83. The maximum absolute atomic E-state index is 12.2. The summed E-state index contributed by atoms with van der Waals surface area (Å²) >= 11 is 4.86. The number of nitrogens with zero attached hydrogens (tertiary/aromatic N) is 3. The van der Waals surface area contributed by atoms with Gasteiger partial charge in [0, 0.05) is 45.2 Å². The second-order valence-corrected chi connectivity index (χ2v) is 6.63. The fourth-order valence-corrected chi connectivity index (χ4v) is 3.26. The quantitative estimate of drug-likeness (QED) is 0.740. The van der Waals surface area contributed by atoms with E-state index in [-0.39, 0.29) is 5.91 Å². The number of hydrogen-bond donors (Lipinski definition) is 1. The highest BCUT2D eigenvalue weighted by Crippen LogP contribution is 2.24. The molecule has 2 N–H and O–H groups in total. The van der Waals surface area contributed by atoms with Gasteiger partial charge in [0.15, 0.2) is 0 Å². The maximum atomic E-state index is 12.2. The minimum Gasteiger partial charge on any atom is -0.393 e. The number of carbonyl (C=O) groups excluding carboxylic acids is 1. The zero-order valence-corrected chi connectivity index (χ0v) is 13.4. The first-order chi connectivity index (χ1) is 9.47. The zero-order valence-electron chi connectivity index (χ0n) is 12.5. The third kappa shape index (κ3) is 3.90. The first kappa shape index (κ1) is 15.7. The van der Waals surface area contributed by atoms with Gasteiger partial charge < -0.3 is 10.6 Å². The third-order valence-electron chi connectivity index (χ3n) is 4.52. The molecule has 0 saturated carbocycles. The normalized spacial score (nSPS) is 27.3. The monoisotopic (exact) mass is 298 g/mol. The van der Waals surface area contributed by atoms with Crippen LogP contribution in [0.4, 0.5) is 0 Å². The summed E-state index contributed by atoms with van der Waals surface area (Å²) in [5.41, 5.74) is 5.48. The van der Waals surface area contributed by atoms with Crippen LogP contribution in [0, 0.1) is 0 Å². The molecule has 20 heavy (non-hydrogen) atoms. The van der Waals surface area contributed by atoms with Gasteiger partial charge >= 0.3 is 0 Å². The van der Waals surface area contributed by atoms with Crippen LogP contribution < -0.4 is 5.73 Å². The number of rotatable bonds is 5. The van der Waals surface area contributed by atoms with Crippen LogP contribution in [0.3, 0.4) is 0 Å². The molecular weight excluding hydrogens is 272 g/mol. The van der Waals surface area contributed by atoms with Crippen molar-refractivity contribution in [1.82, 2.24) is 14.7 Å². The van der Waals surface area contributed by atoms with E-state index >= 15 is 0 Å². The summed E-state index contributed by atoms with van der Waals surface area (Å²) in [6.07, 6.45) is 3.17. The summed E-state index contributed by atoms with van der Waals surface area (Å²) in [4.78, 5) is 19.4. The molecule has 2 fully saturated rings. The van der Waals surface area contributed by atoms with E-state index < -0.39 is 0 Å². The number of nitrogens with two attached hydrogens (primary N) is 1. The average molecular weight is 298 g/mol. The van der Waals surface area contributed by atoms with Gasteiger partial charge in [-0.25, -0.2) is 0 Å². The Bertz CT molecular complexity index is 376. The lowest BCUT2D eigenvalue weighted by Gasteiger charge is -2.42. The van der Waals surface area contributed by atoms with Gasteiger partial charge in [0.2, 0.25) is 5.91 Å². The van der Waals surface area contributed by atoms with Gasteiger partial charge in [-0.15, -0.1) is 0 Å². The topological polar surface area (TPSA) is 52.8 Å². The molecule has 0 bridgehead atoms. The second-order valence-electron chi connectivity index (χ2n) is 6.10. The fourth-order valence-electron chi connectivity index (χ4n) is 3.17. The van der Waals surface area contributed by atoms with Crippen LogP contribution in [0.25, 0.3) is 0 Å². The predicted molar refractivity (Wildman–Crippen MR) is 84.7 cm³/mol. The van der Waals surface area contributed by atoms with Crippen LogP contribution in [-0.4, -0.2) is 77.5 Å². The molecule has 0 radical (unpaired) electrons. The minimum absolute atomic E-state index is 0.166. The Kier molecular flexibility index (Phi) is 5.35. The molecule has 0 spiro atoms. The van der Waals surface area contributed by atoms with Crippen molar-refractivity contribution in [3.63, 3.8) is 0 Å². The van der Waals surface area contributed by atoms with Gasteiger partial charge in [0.25, 0.3) is 0 Å². The molecule has 2 aliphatic heterocycles. The lowest BCUT2D eigenvalue weighted by atomic mass is 10.1. The fraction of sp³-hybridized carbons (Fsp3) is 0.857. The van der Waals surface area contributed by atoms with Crippen molar-refractivity contribution in [3.05, 3.63) is 0 Å². The molecule has 2 saturated heterocycles. The molecule has 2 rings (SSSR count). The molecule has 114 valence electrons. The van der Waals surface area contributed by atoms with E-state index in [1.807, 2.05) is 7.05 Å². The van der Waals surface area contributed by atoms with Crippen molar-refractivity contribution in [2.24, 2.45) is 5.73 Å². The van der Waals surface area contributed by atoms with Gasteiger partial charge in [0.05, 0.1) is 11.5 Å². The van der Waals surface area contributed by atoms with Crippen molar-refractivity contribution < 1.29 is 4.79 Å². The molecule has 6 heteroatoms. The highest BCUT2D eigenvalue weighted by molar-refractivity contribution is 7.80. The Labute approximate surface area is 127 Å². The highest BCUT2D eigenvalue weighted by atomic mass is 32.1. The summed E-state index contributed by atoms with van der Waals surface area (Å²) in [5, 5.41) is 0. The molecule has 1 amide bonds. The van der Waals surface area contributed by atoms with Crippen molar-refractivity contribution in [2.45, 2.75) is 38.3 Å². The van der Waals surface area contributed by atoms with Crippen LogP contribution >= 0.6 is 12.2 Å². The minimum atomic E-state index is 0.166. The number of piperazine rings is 1. The van der Waals surface area contributed by atoms with E-state index in [0.717, 1.165) is 13.1 Å². The van der Waals surface area contributed by atoms with E-state index in [9.17, 15) is 4.79 Å². The Morgan fingerprint density at radius 1 is 1.45 bits per heavy atom. The van der Waals surface area contributed by atoms with Gasteiger partial charge in [0.1, 0.15) is 0 Å². The largest absolute Gasteiger partial charge is 0.393 e. The molecule has 0 aromatic rings. The van der Waals surface area contributed by atoms with Crippen LogP contribution in [0.15, 0.2) is 0 Å². The SMILES string of the molecule is CC1CN2CCCC2CN1CC(=O)N(C)CCC(N)=S. The molecule has 5 nitrogen and oxygen atoms in total. The molecule has 0 aromatic carbocycles. The van der Waals surface area contributed by atoms with E-state index in [1.54, 1.807) is 4.90 Å². The number of fused-ring (bicyclic) bond motifs is 1. The maximum Gasteiger partial charge on any atom is 0.236 e. The lowest BCUT2D eigenvalue weighted by molar-refractivity contribution is -0.132. The Morgan fingerprint density at radius 3 is 2.90 bits per heavy atom. The van der Waals surface area contributed by atoms with Crippen molar-refractivity contribution >= 4 is 23.1 Å². The van der Waals surface area contributed by atoms with Gasteiger partial charge in [-0.3, -0.25) is 14.6 Å². The molecular formula is C14H26N4OS. The van der Waals surface area contributed by atoms with Crippen molar-refractivity contribution in [3.8, 4) is 0 Å². The lowest BCUT2D eigenvalue weighted by Crippen LogP contribution is -2.57. The molecule has 2 atom stereocenters. The van der Waals surface area contributed by atoms with E-state index in [0.29, 0.717) is 36.6 Å². The van der Waals surface area contributed by atoms with Crippen molar-refractivity contribution in [2.75, 3.05) is 39.8 Å². The van der Waals surface area contributed by atoms with Gasteiger partial charge in [-0.2, -0.15) is 0 Å². The van der Waals surface area contributed by atoms with E-state index in [4.69, 9.17) is 18.0 Å². The Hall–Kier alpha value is -0.720. The zero-order chi connectivity index (χ0) is 14.7. The Balaban J connectivity index is 1.82.